The van der Waals surface area contributed by atoms with E-state index >= 15 is 0 Å². The van der Waals surface area contributed by atoms with E-state index in [0.717, 1.165) is 0 Å². The van der Waals surface area contributed by atoms with E-state index in [1.807, 2.05) is 6.07 Å². The number of hydrogen-bond acceptors (Lipinski definition) is 3. The summed E-state index contributed by atoms with van der Waals surface area (Å²) in [5, 5.41) is 0. The summed E-state index contributed by atoms with van der Waals surface area (Å²) in [4.78, 5) is 13.6. The average molecular weight is 202 g/mol. The quantitative estimate of drug-likeness (QED) is 0.462. The average Bonchev–Trinajstić information content (AvgIpc) is 2.17. The van der Waals surface area contributed by atoms with Gasteiger partial charge in [0.15, 0.2) is 5.75 Å². The molecule has 1 aromatic rings. The Bertz CT molecular complexity index is 298. The van der Waals surface area contributed by atoms with E-state index in [4.69, 9.17) is 4.89 Å². The van der Waals surface area contributed by atoms with E-state index in [-0.39, 0.29) is 6.16 Å². The summed E-state index contributed by atoms with van der Waals surface area (Å²) in [5.41, 5.74) is 0. The van der Waals surface area contributed by atoms with Gasteiger partial charge in [-0.15, -0.1) is 0 Å². The Labute approximate surface area is 76.6 Å². The molecule has 0 aliphatic heterocycles. The van der Waals surface area contributed by atoms with E-state index in [1.54, 1.807) is 31.2 Å². The maximum absolute atomic E-state index is 11.0. The highest BCUT2D eigenvalue weighted by atomic mass is 31.2. The van der Waals surface area contributed by atoms with Crippen LogP contribution in [-0.2, 0) is 9.24 Å². The predicted molar refractivity (Wildman–Crippen MR) is 48.5 cm³/mol. The minimum absolute atomic E-state index is 0.0276. The number of hydrogen-bond donors (Lipinski definition) is 1. The SMILES string of the molecule is CCP(=O)(O)OOc1ccccc1. The van der Waals surface area contributed by atoms with Gasteiger partial charge in [-0.25, -0.2) is 0 Å². The lowest BCUT2D eigenvalue weighted by Gasteiger charge is -2.08. The Balaban J connectivity index is 2.49. The fourth-order valence-corrected chi connectivity index (χ4v) is 0.938. The highest BCUT2D eigenvalue weighted by Gasteiger charge is 2.17. The smallest absolute Gasteiger partial charge is 0.329 e. The van der Waals surface area contributed by atoms with Gasteiger partial charge in [0.1, 0.15) is 0 Å². The summed E-state index contributed by atoms with van der Waals surface area (Å²) >= 11 is 0. The third-order valence-corrected chi connectivity index (χ3v) is 2.50. The zero-order chi connectivity index (χ0) is 9.73. The lowest BCUT2D eigenvalue weighted by atomic mass is 10.3. The molecule has 72 valence electrons. The first-order valence-electron chi connectivity index (χ1n) is 3.87. The van der Waals surface area contributed by atoms with Gasteiger partial charge in [-0.05, 0) is 12.1 Å². The molecule has 0 heterocycles. The van der Waals surface area contributed by atoms with Crippen molar-refractivity contribution >= 4 is 7.60 Å². The second kappa shape index (κ2) is 4.42. The van der Waals surface area contributed by atoms with Gasteiger partial charge >= 0.3 is 7.60 Å². The lowest BCUT2D eigenvalue weighted by Crippen LogP contribution is -1.96. The molecule has 0 saturated heterocycles. The lowest BCUT2D eigenvalue weighted by molar-refractivity contribution is -0.108. The second-order valence-electron chi connectivity index (χ2n) is 2.42. The zero-order valence-corrected chi connectivity index (χ0v) is 8.11. The molecular formula is C8H11O4P. The Hall–Kier alpha value is -0.830. The topological polar surface area (TPSA) is 55.8 Å². The van der Waals surface area contributed by atoms with Crippen molar-refractivity contribution in [3.05, 3.63) is 30.3 Å². The van der Waals surface area contributed by atoms with Crippen LogP contribution in [0.2, 0.25) is 0 Å². The molecular weight excluding hydrogens is 191 g/mol. The van der Waals surface area contributed by atoms with Crippen LogP contribution in [0.15, 0.2) is 30.3 Å². The second-order valence-corrected chi connectivity index (χ2v) is 4.48. The molecule has 1 aromatic carbocycles. The standard InChI is InChI=1S/C8H11O4P/c1-2-13(9,10)12-11-8-6-4-3-5-7-8/h3-7H,2H2,1H3,(H,9,10). The monoisotopic (exact) mass is 202 g/mol. The van der Waals surface area contributed by atoms with E-state index in [9.17, 15) is 4.57 Å². The van der Waals surface area contributed by atoms with Crippen LogP contribution in [0.3, 0.4) is 0 Å². The van der Waals surface area contributed by atoms with Crippen molar-refractivity contribution in [2.24, 2.45) is 0 Å². The van der Waals surface area contributed by atoms with Crippen molar-refractivity contribution in [2.45, 2.75) is 6.92 Å². The van der Waals surface area contributed by atoms with Gasteiger partial charge in [0.05, 0.1) is 6.16 Å². The fourth-order valence-electron chi connectivity index (χ4n) is 0.630. The van der Waals surface area contributed by atoms with Crippen LogP contribution >= 0.6 is 7.60 Å². The summed E-state index contributed by atoms with van der Waals surface area (Å²) < 4.78 is 15.3. The van der Waals surface area contributed by atoms with Crippen LogP contribution in [0, 0.1) is 0 Å². The van der Waals surface area contributed by atoms with E-state index in [0.29, 0.717) is 5.75 Å². The number of para-hydroxylation sites is 1. The molecule has 1 N–H and O–H groups in total. The normalized spacial score (nSPS) is 14.9. The largest absolute Gasteiger partial charge is 0.366 e. The predicted octanol–water partition coefficient (Wildman–Crippen LogP) is 2.20. The molecule has 0 amide bonds. The highest BCUT2D eigenvalue weighted by Crippen LogP contribution is 2.41. The van der Waals surface area contributed by atoms with Crippen LogP contribution < -0.4 is 4.89 Å². The summed E-state index contributed by atoms with van der Waals surface area (Å²) in [6.45, 7) is 1.55. The van der Waals surface area contributed by atoms with Crippen molar-refractivity contribution in [3.8, 4) is 5.75 Å². The van der Waals surface area contributed by atoms with Crippen LogP contribution in [0.25, 0.3) is 0 Å². The maximum Gasteiger partial charge on any atom is 0.366 e. The first-order valence-corrected chi connectivity index (χ1v) is 5.63. The Kier molecular flexibility index (Phi) is 3.48. The molecule has 13 heavy (non-hydrogen) atoms. The molecule has 0 aliphatic rings. The Morgan fingerprint density at radius 2 is 2.00 bits per heavy atom. The van der Waals surface area contributed by atoms with Gasteiger partial charge in [0.25, 0.3) is 0 Å². The molecule has 0 bridgehead atoms. The van der Waals surface area contributed by atoms with Crippen molar-refractivity contribution in [2.75, 3.05) is 6.16 Å². The van der Waals surface area contributed by atoms with Crippen molar-refractivity contribution < 1.29 is 19.0 Å². The molecule has 4 nitrogen and oxygen atoms in total. The van der Waals surface area contributed by atoms with Gasteiger partial charge < -0.3 is 9.78 Å². The minimum atomic E-state index is -3.56. The Morgan fingerprint density at radius 3 is 2.54 bits per heavy atom. The first kappa shape index (κ1) is 10.3. The molecule has 0 spiro atoms. The summed E-state index contributed by atoms with van der Waals surface area (Å²) in [5.74, 6) is 0.408. The van der Waals surface area contributed by atoms with Crippen molar-refractivity contribution in [1.82, 2.24) is 0 Å². The molecule has 0 radical (unpaired) electrons. The van der Waals surface area contributed by atoms with Gasteiger partial charge in [-0.3, -0.25) is 4.57 Å². The number of benzene rings is 1. The van der Waals surface area contributed by atoms with Crippen LogP contribution in [0.4, 0.5) is 0 Å². The minimum Gasteiger partial charge on any atom is -0.329 e. The van der Waals surface area contributed by atoms with E-state index in [1.165, 1.54) is 0 Å². The molecule has 0 saturated carbocycles. The molecule has 0 aromatic heterocycles. The molecule has 1 atom stereocenters. The highest BCUT2D eigenvalue weighted by molar-refractivity contribution is 7.52. The van der Waals surface area contributed by atoms with E-state index < -0.39 is 7.60 Å². The van der Waals surface area contributed by atoms with Gasteiger partial charge in [0, 0.05) is 0 Å². The van der Waals surface area contributed by atoms with Crippen LogP contribution in [-0.4, -0.2) is 11.1 Å². The summed E-state index contributed by atoms with van der Waals surface area (Å²) in [6.07, 6.45) is 0.0276. The molecule has 0 aliphatic carbocycles. The molecule has 5 heteroatoms. The maximum atomic E-state index is 11.0. The van der Waals surface area contributed by atoms with Crippen molar-refractivity contribution in [3.63, 3.8) is 0 Å². The molecule has 0 fully saturated rings. The van der Waals surface area contributed by atoms with Gasteiger partial charge in [0.2, 0.25) is 0 Å². The van der Waals surface area contributed by atoms with Gasteiger partial charge in [-0.1, -0.05) is 29.8 Å². The summed E-state index contributed by atoms with van der Waals surface area (Å²) in [7, 11) is -3.56. The van der Waals surface area contributed by atoms with Crippen LogP contribution in [0.1, 0.15) is 6.92 Å². The van der Waals surface area contributed by atoms with Crippen molar-refractivity contribution in [1.29, 1.82) is 0 Å². The summed E-state index contributed by atoms with van der Waals surface area (Å²) in [6, 6.07) is 8.57. The van der Waals surface area contributed by atoms with Crippen LogP contribution in [0.5, 0.6) is 5.75 Å². The first-order chi connectivity index (χ1) is 6.14. The molecule has 1 rings (SSSR count). The van der Waals surface area contributed by atoms with Gasteiger partial charge in [-0.2, -0.15) is 0 Å². The van der Waals surface area contributed by atoms with E-state index in [2.05, 4.69) is 9.56 Å². The third kappa shape index (κ3) is 3.59. The zero-order valence-electron chi connectivity index (χ0n) is 7.21. The fraction of sp³-hybridized carbons (Fsp3) is 0.250. The third-order valence-electron chi connectivity index (χ3n) is 1.39. The Morgan fingerprint density at radius 1 is 1.38 bits per heavy atom. The number of rotatable bonds is 4. The molecule has 1 unspecified atom stereocenters.